The van der Waals surface area contributed by atoms with E-state index in [1.807, 2.05) is 0 Å². The van der Waals surface area contributed by atoms with Crippen LogP contribution < -0.4 is 5.32 Å². The minimum absolute atomic E-state index is 0.0890. The second-order valence-electron chi connectivity index (χ2n) is 2.88. The van der Waals surface area contributed by atoms with Crippen LogP contribution in [0.15, 0.2) is 29.0 Å². The van der Waals surface area contributed by atoms with Crippen LogP contribution in [-0.2, 0) is 0 Å². The molecule has 16 heavy (non-hydrogen) atoms. The summed E-state index contributed by atoms with van der Waals surface area (Å²) in [5.41, 5.74) is 0.605. The minimum Gasteiger partial charge on any atom is -0.320 e. The average molecular weight is 258 g/mol. The first-order valence-corrected chi connectivity index (χ1v) is 4.96. The van der Waals surface area contributed by atoms with Crippen molar-refractivity contribution >= 4 is 34.8 Å². The lowest BCUT2D eigenvalue weighted by molar-refractivity contribution is 0.101. The lowest BCUT2D eigenvalue weighted by Gasteiger charge is -2.03. The molecule has 5 nitrogen and oxygen atoms in total. The lowest BCUT2D eigenvalue weighted by Crippen LogP contribution is -2.12. The van der Waals surface area contributed by atoms with Crippen molar-refractivity contribution in [3.05, 3.63) is 40.1 Å². The Morgan fingerprint density at radius 1 is 1.31 bits per heavy atom. The second kappa shape index (κ2) is 4.51. The van der Waals surface area contributed by atoms with E-state index in [1.54, 1.807) is 12.1 Å². The number of hydrogen-bond acceptors (Lipinski definition) is 4. The highest BCUT2D eigenvalue weighted by Gasteiger charge is 2.10. The van der Waals surface area contributed by atoms with Crippen molar-refractivity contribution in [3.8, 4) is 0 Å². The molecule has 1 amide bonds. The Kier molecular flexibility index (Phi) is 3.07. The molecule has 1 N–H and O–H groups in total. The quantitative estimate of drug-likeness (QED) is 0.898. The number of rotatable bonds is 2. The van der Waals surface area contributed by atoms with Gasteiger partial charge in [0.05, 0.1) is 10.0 Å². The van der Waals surface area contributed by atoms with Gasteiger partial charge in [0.1, 0.15) is 6.20 Å². The maximum Gasteiger partial charge on any atom is 0.279 e. The Morgan fingerprint density at radius 2 is 2.12 bits per heavy atom. The summed E-state index contributed by atoms with van der Waals surface area (Å²) in [6, 6.07) is 4.75. The van der Waals surface area contributed by atoms with Crippen LogP contribution >= 0.6 is 23.2 Å². The van der Waals surface area contributed by atoms with Gasteiger partial charge >= 0.3 is 0 Å². The van der Waals surface area contributed by atoms with E-state index in [1.165, 1.54) is 12.3 Å². The van der Waals surface area contributed by atoms with Crippen molar-refractivity contribution in [2.24, 2.45) is 0 Å². The van der Waals surface area contributed by atoms with Crippen molar-refractivity contribution in [2.45, 2.75) is 0 Å². The van der Waals surface area contributed by atoms with Gasteiger partial charge in [0.15, 0.2) is 5.69 Å². The van der Waals surface area contributed by atoms with Gasteiger partial charge in [-0.2, -0.15) is 0 Å². The van der Waals surface area contributed by atoms with Crippen LogP contribution in [0.4, 0.5) is 5.69 Å². The molecule has 0 aliphatic heterocycles. The zero-order valence-corrected chi connectivity index (χ0v) is 9.29. The highest BCUT2D eigenvalue weighted by atomic mass is 35.5. The Bertz CT molecular complexity index is 513. The van der Waals surface area contributed by atoms with Gasteiger partial charge in [-0.1, -0.05) is 28.4 Å². The molecule has 0 fully saturated rings. The molecule has 0 radical (unpaired) electrons. The van der Waals surface area contributed by atoms with Crippen molar-refractivity contribution < 1.29 is 9.42 Å². The van der Waals surface area contributed by atoms with E-state index >= 15 is 0 Å². The van der Waals surface area contributed by atoms with Gasteiger partial charge < -0.3 is 5.32 Å². The molecule has 1 heterocycles. The predicted molar refractivity (Wildman–Crippen MR) is 58.7 cm³/mol. The smallest absolute Gasteiger partial charge is 0.279 e. The van der Waals surface area contributed by atoms with Gasteiger partial charge in [0.25, 0.3) is 5.91 Å². The molecular weight excluding hydrogens is 253 g/mol. The first-order valence-electron chi connectivity index (χ1n) is 4.21. The largest absolute Gasteiger partial charge is 0.320 e. The maximum atomic E-state index is 11.5. The van der Waals surface area contributed by atoms with Gasteiger partial charge in [-0.05, 0) is 23.4 Å². The zero-order valence-electron chi connectivity index (χ0n) is 7.78. The first-order chi connectivity index (χ1) is 7.66. The summed E-state index contributed by atoms with van der Waals surface area (Å²) in [6.45, 7) is 0. The van der Waals surface area contributed by atoms with Crippen molar-refractivity contribution in [2.75, 3.05) is 5.32 Å². The first kappa shape index (κ1) is 10.9. The highest BCUT2D eigenvalue weighted by Crippen LogP contribution is 2.25. The van der Waals surface area contributed by atoms with E-state index in [-0.39, 0.29) is 5.69 Å². The molecule has 0 bridgehead atoms. The van der Waals surface area contributed by atoms with Crippen LogP contribution in [0.1, 0.15) is 10.5 Å². The fourth-order valence-corrected chi connectivity index (χ4v) is 1.33. The van der Waals surface area contributed by atoms with E-state index in [9.17, 15) is 4.79 Å². The fourth-order valence-electron chi connectivity index (χ4n) is 1.03. The van der Waals surface area contributed by atoms with Gasteiger partial charge in [0.2, 0.25) is 0 Å². The molecule has 0 saturated heterocycles. The van der Waals surface area contributed by atoms with Gasteiger partial charge in [-0.25, -0.2) is 4.63 Å². The Morgan fingerprint density at radius 3 is 2.75 bits per heavy atom. The number of carbonyl (C=O) groups is 1. The Balaban J connectivity index is 2.15. The number of anilines is 1. The number of hydrogen-bond donors (Lipinski definition) is 1. The zero-order chi connectivity index (χ0) is 11.5. The van der Waals surface area contributed by atoms with Crippen LogP contribution in [-0.4, -0.2) is 16.2 Å². The van der Waals surface area contributed by atoms with Gasteiger partial charge in [0, 0.05) is 5.69 Å². The van der Waals surface area contributed by atoms with Crippen molar-refractivity contribution in [3.63, 3.8) is 0 Å². The number of aromatic nitrogens is 2. The van der Waals surface area contributed by atoms with E-state index in [0.29, 0.717) is 15.7 Å². The molecule has 2 rings (SSSR count). The van der Waals surface area contributed by atoms with E-state index in [2.05, 4.69) is 20.3 Å². The number of benzene rings is 1. The topological polar surface area (TPSA) is 68.0 Å². The third-order valence-electron chi connectivity index (χ3n) is 1.77. The molecule has 0 aliphatic rings. The summed E-state index contributed by atoms with van der Waals surface area (Å²) in [4.78, 5) is 11.5. The summed E-state index contributed by atoms with van der Waals surface area (Å²) in [5, 5.41) is 10.1. The number of nitrogens with zero attached hydrogens (tertiary/aromatic N) is 2. The van der Waals surface area contributed by atoms with Gasteiger partial charge in [-0.15, -0.1) is 0 Å². The number of amides is 1. The van der Waals surface area contributed by atoms with Crippen LogP contribution in [0.5, 0.6) is 0 Å². The maximum absolute atomic E-state index is 11.5. The number of nitrogens with one attached hydrogen (secondary N) is 1. The molecule has 0 saturated carbocycles. The van der Waals surface area contributed by atoms with E-state index in [0.717, 1.165) is 0 Å². The number of halogens is 2. The average Bonchev–Trinajstić information content (AvgIpc) is 2.77. The summed E-state index contributed by atoms with van der Waals surface area (Å²) < 4.78 is 4.31. The molecule has 82 valence electrons. The fraction of sp³-hybridized carbons (Fsp3) is 0. The third-order valence-corrected chi connectivity index (χ3v) is 2.51. The summed E-state index contributed by atoms with van der Waals surface area (Å²) in [7, 11) is 0. The summed E-state index contributed by atoms with van der Waals surface area (Å²) in [5.74, 6) is -0.431. The number of carbonyl (C=O) groups excluding carboxylic acids is 1. The Hall–Kier alpha value is -1.59. The molecule has 0 atom stereocenters. The van der Waals surface area contributed by atoms with Crippen LogP contribution in [0.3, 0.4) is 0 Å². The molecule has 1 aromatic heterocycles. The minimum atomic E-state index is -0.431. The molecule has 1 aromatic carbocycles. The molecule has 7 heteroatoms. The lowest BCUT2D eigenvalue weighted by atomic mass is 10.3. The molecule has 0 spiro atoms. The SMILES string of the molecule is O=C(Nc1ccc(Cl)c(Cl)c1)c1cnon1. The summed E-state index contributed by atoms with van der Waals surface area (Å²) in [6.07, 6.45) is 1.22. The normalized spacial score (nSPS) is 10.1. The van der Waals surface area contributed by atoms with Crippen LogP contribution in [0.2, 0.25) is 10.0 Å². The standard InChI is InChI=1S/C9H5Cl2N3O2/c10-6-2-1-5(3-7(6)11)13-9(15)8-4-12-16-14-8/h1-4H,(H,13,15). The summed E-state index contributed by atoms with van der Waals surface area (Å²) >= 11 is 11.5. The van der Waals surface area contributed by atoms with Gasteiger partial charge in [-0.3, -0.25) is 4.79 Å². The van der Waals surface area contributed by atoms with E-state index < -0.39 is 5.91 Å². The van der Waals surface area contributed by atoms with Crippen molar-refractivity contribution in [1.29, 1.82) is 0 Å². The van der Waals surface area contributed by atoms with Crippen LogP contribution in [0, 0.1) is 0 Å². The molecule has 0 aliphatic carbocycles. The molecule has 2 aromatic rings. The van der Waals surface area contributed by atoms with E-state index in [4.69, 9.17) is 23.2 Å². The highest BCUT2D eigenvalue weighted by molar-refractivity contribution is 6.42. The monoisotopic (exact) mass is 257 g/mol. The Labute approximate surface area is 100 Å². The molecule has 0 unspecified atom stereocenters. The predicted octanol–water partition coefficient (Wildman–Crippen LogP) is 2.63. The van der Waals surface area contributed by atoms with Crippen LogP contribution in [0.25, 0.3) is 0 Å². The third kappa shape index (κ3) is 2.32. The second-order valence-corrected chi connectivity index (χ2v) is 3.69. The van der Waals surface area contributed by atoms with Crippen molar-refractivity contribution in [1.82, 2.24) is 10.3 Å². The molecular formula is C9H5Cl2N3O2.